The number of aromatic nitrogens is 1. The predicted octanol–water partition coefficient (Wildman–Crippen LogP) is 3.18. The molecule has 2 amide bonds. The van der Waals surface area contributed by atoms with Crippen molar-refractivity contribution >= 4 is 6.03 Å². The van der Waals surface area contributed by atoms with Crippen LogP contribution in [0.4, 0.5) is 4.79 Å². The second kappa shape index (κ2) is 9.18. The number of hydrogen-bond donors (Lipinski definition) is 1. The number of amides is 2. The molecule has 1 aromatic carbocycles. The van der Waals surface area contributed by atoms with Crippen LogP contribution in [0.25, 0.3) is 0 Å². The Morgan fingerprint density at radius 2 is 1.60 bits per heavy atom. The molecule has 0 fully saturated rings. The van der Waals surface area contributed by atoms with E-state index in [0.717, 1.165) is 23.4 Å². The van der Waals surface area contributed by atoms with Crippen LogP contribution in [0.1, 0.15) is 29.3 Å². The minimum absolute atomic E-state index is 0.0551. The first-order valence-electron chi connectivity index (χ1n) is 8.64. The highest BCUT2D eigenvalue weighted by molar-refractivity contribution is 5.74. The van der Waals surface area contributed by atoms with Crippen molar-refractivity contribution < 1.29 is 4.79 Å². The molecule has 0 radical (unpaired) electrons. The first kappa shape index (κ1) is 18.9. The van der Waals surface area contributed by atoms with Gasteiger partial charge in [0.1, 0.15) is 0 Å². The molecule has 2 aromatic rings. The number of hydrogen-bond acceptors (Lipinski definition) is 3. The molecule has 0 bridgehead atoms. The highest BCUT2D eigenvalue weighted by atomic mass is 16.2. The summed E-state index contributed by atoms with van der Waals surface area (Å²) in [5, 5.41) is 2.97. The summed E-state index contributed by atoms with van der Waals surface area (Å²) in [6, 6.07) is 12.3. The van der Waals surface area contributed by atoms with Gasteiger partial charge in [-0.15, -0.1) is 0 Å². The highest BCUT2D eigenvalue weighted by Gasteiger charge is 2.12. The number of rotatable bonds is 7. The summed E-state index contributed by atoms with van der Waals surface area (Å²) >= 11 is 0. The zero-order chi connectivity index (χ0) is 18.2. The lowest BCUT2D eigenvalue weighted by Crippen LogP contribution is -2.39. The van der Waals surface area contributed by atoms with Gasteiger partial charge < -0.3 is 15.1 Å². The van der Waals surface area contributed by atoms with Crippen LogP contribution in [0.15, 0.2) is 42.6 Å². The van der Waals surface area contributed by atoms with Crippen molar-refractivity contribution in [1.82, 2.24) is 20.1 Å². The normalized spacial score (nSPS) is 10.8. The van der Waals surface area contributed by atoms with E-state index in [1.807, 2.05) is 30.9 Å². The summed E-state index contributed by atoms with van der Waals surface area (Å²) in [7, 11) is 4.11. The van der Waals surface area contributed by atoms with Crippen LogP contribution in [-0.2, 0) is 19.6 Å². The Hall–Kier alpha value is -2.40. The monoisotopic (exact) mass is 340 g/mol. The lowest BCUT2D eigenvalue weighted by Gasteiger charge is -2.22. The molecule has 5 nitrogen and oxygen atoms in total. The van der Waals surface area contributed by atoms with E-state index in [0.29, 0.717) is 19.6 Å². The van der Waals surface area contributed by atoms with Crippen LogP contribution < -0.4 is 5.32 Å². The second-order valence-corrected chi connectivity index (χ2v) is 6.53. The van der Waals surface area contributed by atoms with Gasteiger partial charge in [0.2, 0.25) is 0 Å². The number of nitrogens with one attached hydrogen (secondary N) is 1. The number of pyridine rings is 1. The molecule has 0 unspecified atom stereocenters. The van der Waals surface area contributed by atoms with Gasteiger partial charge in [0.15, 0.2) is 0 Å². The summed E-state index contributed by atoms with van der Waals surface area (Å²) in [5.74, 6) is 0. The Morgan fingerprint density at radius 3 is 2.12 bits per heavy atom. The van der Waals surface area contributed by atoms with Crippen LogP contribution >= 0.6 is 0 Å². The molecule has 1 heterocycles. The maximum atomic E-state index is 12.4. The molecule has 1 aromatic heterocycles. The summed E-state index contributed by atoms with van der Waals surface area (Å²) in [5.41, 5.74) is 4.38. The SMILES string of the molecule is CCN(Cc1ccc(CN(C)C)cc1)C(=O)NCc1ccc(C)nc1. The lowest BCUT2D eigenvalue weighted by molar-refractivity contribution is 0.197. The van der Waals surface area contributed by atoms with Crippen molar-refractivity contribution in [3.05, 3.63) is 65.0 Å². The molecule has 25 heavy (non-hydrogen) atoms. The second-order valence-electron chi connectivity index (χ2n) is 6.53. The van der Waals surface area contributed by atoms with Gasteiger partial charge in [-0.05, 0) is 50.7 Å². The molecule has 1 N–H and O–H groups in total. The smallest absolute Gasteiger partial charge is 0.317 e. The van der Waals surface area contributed by atoms with E-state index in [-0.39, 0.29) is 6.03 Å². The van der Waals surface area contributed by atoms with Crippen LogP contribution in [0, 0.1) is 6.92 Å². The third-order valence-corrected chi connectivity index (χ3v) is 3.98. The molecule has 5 heteroatoms. The van der Waals surface area contributed by atoms with Gasteiger partial charge >= 0.3 is 6.03 Å². The predicted molar refractivity (Wildman–Crippen MR) is 101 cm³/mol. The fraction of sp³-hybridized carbons (Fsp3) is 0.400. The molecule has 0 aliphatic rings. The van der Waals surface area contributed by atoms with Crippen molar-refractivity contribution in [3.8, 4) is 0 Å². The number of nitrogens with zero attached hydrogens (tertiary/aromatic N) is 3. The van der Waals surface area contributed by atoms with Crippen LogP contribution in [0.5, 0.6) is 0 Å². The molecule has 0 aliphatic carbocycles. The summed E-state index contributed by atoms with van der Waals surface area (Å²) in [4.78, 5) is 20.6. The van der Waals surface area contributed by atoms with E-state index >= 15 is 0 Å². The van der Waals surface area contributed by atoms with Crippen molar-refractivity contribution in [2.24, 2.45) is 0 Å². The van der Waals surface area contributed by atoms with E-state index in [9.17, 15) is 4.79 Å². The van der Waals surface area contributed by atoms with Gasteiger partial charge in [0.05, 0.1) is 0 Å². The molecule has 0 saturated heterocycles. The Labute approximate surface area is 150 Å². The molecular weight excluding hydrogens is 312 g/mol. The Kier molecular flexibility index (Phi) is 6.95. The Morgan fingerprint density at radius 1 is 1.00 bits per heavy atom. The van der Waals surface area contributed by atoms with Crippen LogP contribution in [0.3, 0.4) is 0 Å². The molecule has 2 rings (SSSR count). The fourth-order valence-electron chi connectivity index (χ4n) is 2.56. The van der Waals surface area contributed by atoms with Crippen molar-refractivity contribution in [2.75, 3.05) is 20.6 Å². The van der Waals surface area contributed by atoms with Gasteiger partial charge in [0.25, 0.3) is 0 Å². The molecule has 0 aliphatic heterocycles. The molecule has 0 spiro atoms. The maximum absolute atomic E-state index is 12.4. The van der Waals surface area contributed by atoms with Crippen molar-refractivity contribution in [1.29, 1.82) is 0 Å². The lowest BCUT2D eigenvalue weighted by atomic mass is 10.1. The summed E-state index contributed by atoms with van der Waals surface area (Å²) < 4.78 is 0. The van der Waals surface area contributed by atoms with Crippen LogP contribution in [0.2, 0.25) is 0 Å². The van der Waals surface area contributed by atoms with Crippen molar-refractivity contribution in [3.63, 3.8) is 0 Å². The van der Waals surface area contributed by atoms with Gasteiger partial charge in [-0.1, -0.05) is 30.3 Å². The zero-order valence-corrected chi connectivity index (χ0v) is 15.6. The van der Waals surface area contributed by atoms with Gasteiger partial charge in [-0.25, -0.2) is 4.79 Å². The van der Waals surface area contributed by atoms with Gasteiger partial charge in [-0.3, -0.25) is 4.98 Å². The quantitative estimate of drug-likeness (QED) is 0.842. The van der Waals surface area contributed by atoms with E-state index in [2.05, 4.69) is 53.6 Å². The topological polar surface area (TPSA) is 48.5 Å². The molecule has 134 valence electrons. The fourth-order valence-corrected chi connectivity index (χ4v) is 2.56. The third kappa shape index (κ3) is 6.19. The minimum atomic E-state index is -0.0551. The first-order valence-corrected chi connectivity index (χ1v) is 8.64. The van der Waals surface area contributed by atoms with Crippen molar-refractivity contribution in [2.45, 2.75) is 33.5 Å². The Bertz CT molecular complexity index is 665. The minimum Gasteiger partial charge on any atom is -0.334 e. The van der Waals surface area contributed by atoms with E-state index in [4.69, 9.17) is 0 Å². The van der Waals surface area contributed by atoms with Gasteiger partial charge in [0, 0.05) is 38.1 Å². The number of carbonyl (C=O) groups excluding carboxylic acids is 1. The van der Waals surface area contributed by atoms with E-state index < -0.39 is 0 Å². The standard InChI is InChI=1S/C20H28N4O/c1-5-24(15-18-10-8-17(9-11-18)14-23(3)4)20(25)22-13-19-7-6-16(2)21-12-19/h6-12H,5,13-15H2,1-4H3,(H,22,25). The number of carbonyl (C=O) groups is 1. The third-order valence-electron chi connectivity index (χ3n) is 3.98. The van der Waals surface area contributed by atoms with Gasteiger partial charge in [-0.2, -0.15) is 0 Å². The average Bonchev–Trinajstić information content (AvgIpc) is 2.60. The summed E-state index contributed by atoms with van der Waals surface area (Å²) in [6.45, 7) is 6.62. The Balaban J connectivity index is 1.89. The average molecular weight is 340 g/mol. The molecule has 0 atom stereocenters. The largest absolute Gasteiger partial charge is 0.334 e. The number of benzene rings is 1. The number of urea groups is 1. The van der Waals surface area contributed by atoms with Crippen LogP contribution in [-0.4, -0.2) is 41.5 Å². The maximum Gasteiger partial charge on any atom is 0.317 e. The van der Waals surface area contributed by atoms with E-state index in [1.165, 1.54) is 5.56 Å². The molecular formula is C20H28N4O. The first-order chi connectivity index (χ1) is 12.0. The molecule has 0 saturated carbocycles. The zero-order valence-electron chi connectivity index (χ0n) is 15.6. The van der Waals surface area contributed by atoms with E-state index in [1.54, 1.807) is 6.20 Å². The highest BCUT2D eigenvalue weighted by Crippen LogP contribution is 2.09. The number of aryl methyl sites for hydroxylation is 1. The summed E-state index contributed by atoms with van der Waals surface area (Å²) in [6.07, 6.45) is 1.80.